The van der Waals surface area contributed by atoms with Gasteiger partial charge in [-0.1, -0.05) is 187 Å². The average molecular weight is 642 g/mol. The fraction of sp³-hybridized carbons (Fsp3) is 0.947. The molecule has 0 aromatic carbocycles. The van der Waals surface area contributed by atoms with Gasteiger partial charge in [-0.3, -0.25) is 9.59 Å². The minimum atomic E-state index is -0.725. The second-order valence-corrected chi connectivity index (χ2v) is 13.9. The Morgan fingerprint density at radius 1 is 0.591 bits per heavy atom. The quantitative estimate of drug-likeness (QED) is 0.0639. The fourth-order valence-corrected chi connectivity index (χ4v) is 7.04. The SMILES string of the molecule is CCCCCCCCCCCCCCCCNC(=O)C1CNCC1(CCCCCCCCCCCCCCCC)C(N)=O.Cl. The van der Waals surface area contributed by atoms with Crippen LogP contribution in [0.15, 0.2) is 0 Å². The van der Waals surface area contributed by atoms with E-state index in [0.717, 1.165) is 25.7 Å². The molecule has 44 heavy (non-hydrogen) atoms. The molecule has 1 aliphatic rings. The largest absolute Gasteiger partial charge is 0.369 e. The zero-order valence-corrected chi connectivity index (χ0v) is 30.3. The molecule has 1 heterocycles. The van der Waals surface area contributed by atoms with E-state index in [1.807, 2.05) is 0 Å². The Labute approximate surface area is 280 Å². The summed E-state index contributed by atoms with van der Waals surface area (Å²) >= 11 is 0. The summed E-state index contributed by atoms with van der Waals surface area (Å²) in [6, 6.07) is 0. The van der Waals surface area contributed by atoms with Crippen molar-refractivity contribution in [2.24, 2.45) is 17.1 Å². The number of carbonyl (C=O) groups excluding carboxylic acids is 2. The van der Waals surface area contributed by atoms with Crippen molar-refractivity contribution < 1.29 is 9.59 Å². The van der Waals surface area contributed by atoms with Gasteiger partial charge in [0.05, 0.1) is 11.3 Å². The van der Waals surface area contributed by atoms with Crippen molar-refractivity contribution >= 4 is 24.2 Å². The summed E-state index contributed by atoms with van der Waals surface area (Å²) in [5, 5.41) is 6.46. The van der Waals surface area contributed by atoms with Crippen LogP contribution in [-0.4, -0.2) is 31.4 Å². The molecule has 0 bridgehead atoms. The second-order valence-electron chi connectivity index (χ2n) is 13.9. The summed E-state index contributed by atoms with van der Waals surface area (Å²) in [7, 11) is 0. The Morgan fingerprint density at radius 2 is 0.932 bits per heavy atom. The van der Waals surface area contributed by atoms with E-state index in [4.69, 9.17) is 5.73 Å². The van der Waals surface area contributed by atoms with E-state index < -0.39 is 5.41 Å². The number of halogens is 1. The third-order valence-electron chi connectivity index (χ3n) is 10.1. The second kappa shape index (κ2) is 30.8. The summed E-state index contributed by atoms with van der Waals surface area (Å²) in [5.41, 5.74) is 5.22. The van der Waals surface area contributed by atoms with Crippen LogP contribution in [-0.2, 0) is 9.59 Å². The topological polar surface area (TPSA) is 84.2 Å². The van der Waals surface area contributed by atoms with Gasteiger partial charge in [-0.15, -0.1) is 12.4 Å². The lowest BCUT2D eigenvalue weighted by atomic mass is 9.73. The maximum atomic E-state index is 13.1. The molecule has 0 saturated carbocycles. The first kappa shape index (κ1) is 43.2. The van der Waals surface area contributed by atoms with Crippen LogP contribution in [0.4, 0.5) is 0 Å². The molecule has 262 valence electrons. The number of carbonyl (C=O) groups is 2. The Balaban J connectivity index is 0.0000185. The fourth-order valence-electron chi connectivity index (χ4n) is 7.04. The lowest BCUT2D eigenvalue weighted by molar-refractivity contribution is -0.138. The van der Waals surface area contributed by atoms with Crippen LogP contribution in [0, 0.1) is 11.3 Å². The van der Waals surface area contributed by atoms with Crippen molar-refractivity contribution in [3.63, 3.8) is 0 Å². The molecule has 1 fully saturated rings. The van der Waals surface area contributed by atoms with Gasteiger partial charge in [0.15, 0.2) is 0 Å². The number of hydrogen-bond donors (Lipinski definition) is 3. The number of primary amides is 1. The number of hydrogen-bond acceptors (Lipinski definition) is 3. The van der Waals surface area contributed by atoms with Gasteiger partial charge in [-0.2, -0.15) is 0 Å². The Hall–Kier alpha value is -0.810. The van der Waals surface area contributed by atoms with E-state index in [9.17, 15) is 9.59 Å². The third kappa shape index (κ3) is 21.1. The van der Waals surface area contributed by atoms with Gasteiger partial charge < -0.3 is 16.4 Å². The van der Waals surface area contributed by atoms with Crippen LogP contribution in [0.3, 0.4) is 0 Å². The Morgan fingerprint density at radius 3 is 1.30 bits per heavy atom. The summed E-state index contributed by atoms with van der Waals surface area (Å²) in [5.74, 6) is -0.619. The molecule has 0 aliphatic carbocycles. The molecular formula is C38H76ClN3O2. The van der Waals surface area contributed by atoms with Crippen molar-refractivity contribution in [2.75, 3.05) is 19.6 Å². The highest BCUT2D eigenvalue weighted by Crippen LogP contribution is 2.37. The monoisotopic (exact) mass is 642 g/mol. The summed E-state index contributed by atoms with van der Waals surface area (Å²) in [4.78, 5) is 25.7. The molecular weight excluding hydrogens is 566 g/mol. The van der Waals surface area contributed by atoms with Crippen molar-refractivity contribution in [3.8, 4) is 0 Å². The maximum absolute atomic E-state index is 13.1. The lowest BCUT2D eigenvalue weighted by Gasteiger charge is -2.30. The summed E-state index contributed by atoms with van der Waals surface area (Å²) < 4.78 is 0. The highest BCUT2D eigenvalue weighted by molar-refractivity contribution is 5.91. The zero-order chi connectivity index (χ0) is 31.3. The number of rotatable bonds is 32. The van der Waals surface area contributed by atoms with E-state index in [0.29, 0.717) is 19.6 Å². The van der Waals surface area contributed by atoms with Gasteiger partial charge in [-0.05, 0) is 12.8 Å². The molecule has 5 nitrogen and oxygen atoms in total. The van der Waals surface area contributed by atoms with E-state index in [1.54, 1.807) is 0 Å². The van der Waals surface area contributed by atoms with Gasteiger partial charge in [0.2, 0.25) is 11.8 Å². The van der Waals surface area contributed by atoms with Gasteiger partial charge in [0, 0.05) is 19.6 Å². The molecule has 0 aromatic rings. The molecule has 0 radical (unpaired) electrons. The minimum absolute atomic E-state index is 0. The number of unbranched alkanes of at least 4 members (excludes halogenated alkanes) is 26. The van der Waals surface area contributed by atoms with Gasteiger partial charge >= 0.3 is 0 Å². The molecule has 0 spiro atoms. The van der Waals surface area contributed by atoms with Crippen LogP contribution < -0.4 is 16.4 Å². The van der Waals surface area contributed by atoms with E-state index >= 15 is 0 Å². The first-order chi connectivity index (χ1) is 21.1. The van der Waals surface area contributed by atoms with Gasteiger partial charge in [-0.25, -0.2) is 0 Å². The van der Waals surface area contributed by atoms with Crippen LogP contribution in [0.5, 0.6) is 0 Å². The number of amides is 2. The van der Waals surface area contributed by atoms with E-state index in [2.05, 4.69) is 24.5 Å². The van der Waals surface area contributed by atoms with Gasteiger partial charge in [0.1, 0.15) is 0 Å². The molecule has 6 heteroatoms. The van der Waals surface area contributed by atoms with Crippen molar-refractivity contribution in [1.29, 1.82) is 0 Å². The van der Waals surface area contributed by atoms with Crippen LogP contribution in [0.25, 0.3) is 0 Å². The highest BCUT2D eigenvalue weighted by atomic mass is 35.5. The van der Waals surface area contributed by atoms with Crippen LogP contribution in [0.2, 0.25) is 0 Å². The van der Waals surface area contributed by atoms with Crippen molar-refractivity contribution in [3.05, 3.63) is 0 Å². The number of nitrogens with two attached hydrogens (primary N) is 1. The van der Waals surface area contributed by atoms with Crippen LogP contribution in [0.1, 0.15) is 200 Å². The lowest BCUT2D eigenvalue weighted by Crippen LogP contribution is -2.49. The summed E-state index contributed by atoms with van der Waals surface area (Å²) in [6.45, 7) is 6.37. The molecule has 2 atom stereocenters. The minimum Gasteiger partial charge on any atom is -0.369 e. The molecule has 0 aromatic heterocycles. The normalized spacial score (nSPS) is 17.9. The van der Waals surface area contributed by atoms with Crippen molar-refractivity contribution in [2.45, 2.75) is 200 Å². The average Bonchev–Trinajstić information content (AvgIpc) is 3.44. The molecule has 1 saturated heterocycles. The standard InChI is InChI=1S/C38H75N3O2.ClH/c1-3-5-7-9-11-13-15-17-19-21-23-25-27-29-31-38(37(39)43)34-40-33-35(38)36(42)41-32-30-28-26-24-22-20-18-16-14-12-10-8-6-4-2;/h35,40H,3-34H2,1-2H3,(H2,39,43)(H,41,42);1H. The highest BCUT2D eigenvalue weighted by Gasteiger charge is 2.50. The predicted octanol–water partition coefficient (Wildman–Crippen LogP) is 10.6. The molecule has 4 N–H and O–H groups in total. The van der Waals surface area contributed by atoms with Gasteiger partial charge in [0.25, 0.3) is 0 Å². The molecule has 1 rings (SSSR count). The van der Waals surface area contributed by atoms with E-state index in [1.165, 1.54) is 161 Å². The molecule has 2 unspecified atom stereocenters. The molecule has 1 aliphatic heterocycles. The van der Waals surface area contributed by atoms with E-state index in [-0.39, 0.29) is 30.1 Å². The smallest absolute Gasteiger partial charge is 0.225 e. The molecule has 2 amide bonds. The third-order valence-corrected chi connectivity index (χ3v) is 10.1. The van der Waals surface area contributed by atoms with Crippen molar-refractivity contribution in [1.82, 2.24) is 10.6 Å². The first-order valence-corrected chi connectivity index (χ1v) is 19.4. The predicted molar refractivity (Wildman–Crippen MR) is 193 cm³/mol. The first-order valence-electron chi connectivity index (χ1n) is 19.4. The Bertz CT molecular complexity index is 662. The zero-order valence-electron chi connectivity index (χ0n) is 29.5. The summed E-state index contributed by atoms with van der Waals surface area (Å²) in [6.07, 6.45) is 37.8. The number of nitrogens with one attached hydrogen (secondary N) is 2. The maximum Gasteiger partial charge on any atom is 0.225 e. The Kier molecular flexibility index (Phi) is 30.3. The van der Waals surface area contributed by atoms with Crippen LogP contribution >= 0.6 is 12.4 Å².